The van der Waals surface area contributed by atoms with Gasteiger partial charge in [0.15, 0.2) is 5.78 Å². The molecule has 0 amide bonds. The Morgan fingerprint density at radius 2 is 2.05 bits per heavy atom. The third-order valence-electron chi connectivity index (χ3n) is 3.72. The van der Waals surface area contributed by atoms with Crippen molar-refractivity contribution in [1.29, 1.82) is 0 Å². The molecule has 1 atom stereocenters. The van der Waals surface area contributed by atoms with Crippen molar-refractivity contribution < 1.29 is 4.79 Å². The number of carbonyl (C=O) groups is 1. The van der Waals surface area contributed by atoms with Gasteiger partial charge < -0.3 is 0 Å². The first-order valence-corrected chi connectivity index (χ1v) is 7.52. The second kappa shape index (κ2) is 6.74. The Balaban J connectivity index is 1.98. The van der Waals surface area contributed by atoms with Crippen molar-refractivity contribution in [3.63, 3.8) is 0 Å². The fraction of sp³-hybridized carbons (Fsp3) is 0.533. The van der Waals surface area contributed by atoms with E-state index >= 15 is 0 Å². The molecule has 0 aliphatic carbocycles. The maximum Gasteiger partial charge on any atom is 0.176 e. The van der Waals surface area contributed by atoms with Crippen molar-refractivity contribution >= 4 is 29.0 Å². The number of hydrogen-bond acceptors (Lipinski definition) is 2. The molecule has 1 heterocycles. The number of halogens is 2. The minimum absolute atomic E-state index is 0.119. The summed E-state index contributed by atoms with van der Waals surface area (Å²) in [5.74, 6) is 0.887. The zero-order valence-corrected chi connectivity index (χ0v) is 12.7. The lowest BCUT2D eigenvalue weighted by molar-refractivity contribution is 0.0932. The summed E-state index contributed by atoms with van der Waals surface area (Å²) in [7, 11) is 0. The Morgan fingerprint density at radius 3 is 2.79 bits per heavy atom. The zero-order chi connectivity index (χ0) is 13.8. The number of Topliss-reactive ketones (excluding diaryl/α,β-unsaturated/α-hetero) is 1. The number of nitrogens with zero attached hydrogens (tertiary/aromatic N) is 1. The van der Waals surface area contributed by atoms with Crippen molar-refractivity contribution in [2.75, 3.05) is 19.6 Å². The van der Waals surface area contributed by atoms with Gasteiger partial charge in [0, 0.05) is 5.56 Å². The standard InChI is InChI=1S/C15H19Cl2NO/c1-11-3-2-7-18(8-6-11)10-15(19)12-4-5-13(16)14(17)9-12/h4-5,9,11H,2-3,6-8,10H2,1H3. The Hall–Kier alpha value is -0.570. The van der Waals surface area contributed by atoms with Crippen LogP contribution in [-0.4, -0.2) is 30.3 Å². The third kappa shape index (κ3) is 4.20. The molecule has 4 heteroatoms. The minimum Gasteiger partial charge on any atom is -0.296 e. The van der Waals surface area contributed by atoms with Crippen LogP contribution in [0.1, 0.15) is 36.5 Å². The van der Waals surface area contributed by atoms with Crippen LogP contribution in [-0.2, 0) is 0 Å². The van der Waals surface area contributed by atoms with Gasteiger partial charge in [0.25, 0.3) is 0 Å². The van der Waals surface area contributed by atoms with Gasteiger partial charge in [0.1, 0.15) is 0 Å². The molecule has 0 aromatic heterocycles. The Morgan fingerprint density at radius 1 is 1.26 bits per heavy atom. The molecule has 1 aromatic carbocycles. The van der Waals surface area contributed by atoms with Crippen LogP contribution in [0.25, 0.3) is 0 Å². The topological polar surface area (TPSA) is 20.3 Å². The first kappa shape index (κ1) is 14.8. The van der Waals surface area contributed by atoms with E-state index in [0.29, 0.717) is 22.2 Å². The first-order valence-electron chi connectivity index (χ1n) is 6.77. The maximum absolute atomic E-state index is 12.2. The molecule has 1 aliphatic heterocycles. The average Bonchev–Trinajstić information content (AvgIpc) is 2.58. The number of ketones is 1. The number of likely N-dealkylation sites (tertiary alicyclic amines) is 1. The average molecular weight is 300 g/mol. The summed E-state index contributed by atoms with van der Waals surface area (Å²) in [4.78, 5) is 14.5. The summed E-state index contributed by atoms with van der Waals surface area (Å²) >= 11 is 11.8. The molecule has 19 heavy (non-hydrogen) atoms. The molecule has 0 radical (unpaired) electrons. The first-order chi connectivity index (χ1) is 9.06. The summed E-state index contributed by atoms with van der Waals surface area (Å²) in [6.45, 7) is 4.78. The zero-order valence-electron chi connectivity index (χ0n) is 11.2. The highest BCUT2D eigenvalue weighted by Gasteiger charge is 2.17. The number of carbonyl (C=O) groups excluding carboxylic acids is 1. The van der Waals surface area contributed by atoms with E-state index < -0.39 is 0 Å². The van der Waals surface area contributed by atoms with Crippen molar-refractivity contribution in [2.24, 2.45) is 5.92 Å². The van der Waals surface area contributed by atoms with Gasteiger partial charge in [-0.3, -0.25) is 9.69 Å². The van der Waals surface area contributed by atoms with Gasteiger partial charge in [-0.2, -0.15) is 0 Å². The predicted octanol–water partition coefficient (Wildman–Crippen LogP) is 4.30. The lowest BCUT2D eigenvalue weighted by Gasteiger charge is -2.19. The van der Waals surface area contributed by atoms with Crippen LogP contribution in [0.3, 0.4) is 0 Å². The summed E-state index contributed by atoms with van der Waals surface area (Å²) in [6, 6.07) is 5.09. The normalized spacial score (nSPS) is 21.1. The monoisotopic (exact) mass is 299 g/mol. The van der Waals surface area contributed by atoms with Gasteiger partial charge in [-0.15, -0.1) is 0 Å². The molecule has 0 spiro atoms. The second-order valence-corrected chi connectivity index (χ2v) is 6.18. The van der Waals surface area contributed by atoms with Crippen LogP contribution in [0.2, 0.25) is 10.0 Å². The molecule has 0 saturated carbocycles. The quantitative estimate of drug-likeness (QED) is 0.776. The van der Waals surface area contributed by atoms with E-state index in [1.807, 2.05) is 0 Å². The summed E-state index contributed by atoms with van der Waals surface area (Å²) in [6.07, 6.45) is 3.61. The van der Waals surface area contributed by atoms with Crippen molar-refractivity contribution in [3.05, 3.63) is 33.8 Å². The SMILES string of the molecule is CC1CCCN(CC(=O)c2ccc(Cl)c(Cl)c2)CC1. The number of rotatable bonds is 3. The second-order valence-electron chi connectivity index (χ2n) is 5.36. The van der Waals surface area contributed by atoms with E-state index in [9.17, 15) is 4.79 Å². The fourth-order valence-electron chi connectivity index (χ4n) is 2.44. The molecule has 0 N–H and O–H groups in total. The lowest BCUT2D eigenvalue weighted by atomic mass is 10.0. The summed E-state index contributed by atoms with van der Waals surface area (Å²) < 4.78 is 0. The molecule has 104 valence electrons. The van der Waals surface area contributed by atoms with E-state index in [0.717, 1.165) is 19.0 Å². The van der Waals surface area contributed by atoms with E-state index in [2.05, 4.69) is 11.8 Å². The highest BCUT2D eigenvalue weighted by molar-refractivity contribution is 6.42. The van der Waals surface area contributed by atoms with Gasteiger partial charge in [-0.1, -0.05) is 30.1 Å². The molecule has 1 unspecified atom stereocenters. The number of hydrogen-bond donors (Lipinski definition) is 0. The van der Waals surface area contributed by atoms with E-state index in [1.165, 1.54) is 19.3 Å². The number of benzene rings is 1. The van der Waals surface area contributed by atoms with Crippen LogP contribution < -0.4 is 0 Å². The van der Waals surface area contributed by atoms with Crippen LogP contribution in [0, 0.1) is 5.92 Å². The summed E-state index contributed by atoms with van der Waals surface area (Å²) in [5, 5.41) is 0.929. The van der Waals surface area contributed by atoms with Crippen molar-refractivity contribution in [2.45, 2.75) is 26.2 Å². The van der Waals surface area contributed by atoms with Gasteiger partial charge in [-0.25, -0.2) is 0 Å². The molecule has 1 aliphatic rings. The molecule has 2 nitrogen and oxygen atoms in total. The van der Waals surface area contributed by atoms with Crippen molar-refractivity contribution in [1.82, 2.24) is 4.90 Å². The van der Waals surface area contributed by atoms with Gasteiger partial charge in [-0.05, 0) is 56.5 Å². The molecule has 2 rings (SSSR count). The third-order valence-corrected chi connectivity index (χ3v) is 4.46. The Bertz CT molecular complexity index is 461. The molecule has 0 bridgehead atoms. The van der Waals surface area contributed by atoms with E-state index in [-0.39, 0.29) is 5.78 Å². The van der Waals surface area contributed by atoms with Gasteiger partial charge in [0.2, 0.25) is 0 Å². The Kier molecular flexibility index (Phi) is 5.26. The highest BCUT2D eigenvalue weighted by atomic mass is 35.5. The summed E-state index contributed by atoms with van der Waals surface area (Å²) in [5.41, 5.74) is 0.645. The molecule has 1 aromatic rings. The molecule has 1 fully saturated rings. The van der Waals surface area contributed by atoms with Crippen LogP contribution >= 0.6 is 23.2 Å². The Labute approximate surface area is 124 Å². The predicted molar refractivity (Wildman–Crippen MR) is 80.2 cm³/mol. The van der Waals surface area contributed by atoms with E-state index in [1.54, 1.807) is 18.2 Å². The van der Waals surface area contributed by atoms with Crippen LogP contribution in [0.5, 0.6) is 0 Å². The van der Waals surface area contributed by atoms with Crippen LogP contribution in [0.15, 0.2) is 18.2 Å². The molecular formula is C15H19Cl2NO. The van der Waals surface area contributed by atoms with Gasteiger partial charge in [0.05, 0.1) is 16.6 Å². The molecule has 1 saturated heterocycles. The van der Waals surface area contributed by atoms with Crippen LogP contribution in [0.4, 0.5) is 0 Å². The largest absolute Gasteiger partial charge is 0.296 e. The maximum atomic E-state index is 12.2. The smallest absolute Gasteiger partial charge is 0.176 e. The molecular weight excluding hydrogens is 281 g/mol. The minimum atomic E-state index is 0.119. The van der Waals surface area contributed by atoms with E-state index in [4.69, 9.17) is 23.2 Å². The highest BCUT2D eigenvalue weighted by Crippen LogP contribution is 2.23. The van der Waals surface area contributed by atoms with Crippen molar-refractivity contribution in [3.8, 4) is 0 Å². The van der Waals surface area contributed by atoms with Gasteiger partial charge >= 0.3 is 0 Å². The lowest BCUT2D eigenvalue weighted by Crippen LogP contribution is -2.31. The fourth-order valence-corrected chi connectivity index (χ4v) is 2.74.